The minimum atomic E-state index is -2.20. The normalized spacial score (nSPS) is 14.7. The van der Waals surface area contributed by atoms with Crippen LogP contribution in [0.2, 0.25) is 36.3 Å². The maximum atomic E-state index is 14.9. The standard InChI is InChI=1S/C24H38FNO3Si2/c1-23(2,3)30(7,8)28-16-22(29-31(9,10)24(4,5)6)18-13-21(25)20(15-27)17-11-12-26-14-19(17)18/h11-15,22H,16H2,1-10H3. The van der Waals surface area contributed by atoms with Gasteiger partial charge in [0.1, 0.15) is 5.82 Å². The maximum absolute atomic E-state index is 14.9. The molecule has 31 heavy (non-hydrogen) atoms. The van der Waals surface area contributed by atoms with Crippen LogP contribution in [0.5, 0.6) is 0 Å². The van der Waals surface area contributed by atoms with Gasteiger partial charge >= 0.3 is 0 Å². The molecule has 0 bridgehead atoms. The molecule has 0 aliphatic rings. The van der Waals surface area contributed by atoms with Crippen molar-refractivity contribution < 1.29 is 18.0 Å². The van der Waals surface area contributed by atoms with Crippen molar-refractivity contribution >= 4 is 33.7 Å². The highest BCUT2D eigenvalue weighted by atomic mass is 28.4. The summed E-state index contributed by atoms with van der Waals surface area (Å²) in [6, 6.07) is 3.12. The first-order chi connectivity index (χ1) is 14.0. The molecule has 0 spiro atoms. The number of hydrogen-bond acceptors (Lipinski definition) is 4. The summed E-state index contributed by atoms with van der Waals surface area (Å²) in [6.07, 6.45) is 3.38. The van der Waals surface area contributed by atoms with Gasteiger partial charge in [-0.25, -0.2) is 4.39 Å². The number of carbonyl (C=O) groups excluding carboxylic acids is 1. The van der Waals surface area contributed by atoms with Crippen molar-refractivity contribution in [2.75, 3.05) is 6.61 Å². The monoisotopic (exact) mass is 463 g/mol. The Kier molecular flexibility index (Phi) is 7.37. The minimum Gasteiger partial charge on any atom is -0.414 e. The zero-order chi connectivity index (χ0) is 23.8. The molecule has 0 fully saturated rings. The highest BCUT2D eigenvalue weighted by Gasteiger charge is 2.42. The summed E-state index contributed by atoms with van der Waals surface area (Å²) < 4.78 is 28.3. The third-order valence-electron chi connectivity index (χ3n) is 7.07. The molecule has 1 atom stereocenters. The first-order valence-electron chi connectivity index (χ1n) is 10.8. The number of aldehydes is 1. The van der Waals surface area contributed by atoms with Crippen molar-refractivity contribution in [1.29, 1.82) is 0 Å². The second-order valence-electron chi connectivity index (χ2n) is 11.3. The molecule has 0 N–H and O–H groups in total. The third-order valence-corrected chi connectivity index (χ3v) is 16.1. The van der Waals surface area contributed by atoms with E-state index in [4.69, 9.17) is 8.85 Å². The molecular formula is C24H38FNO3Si2. The predicted octanol–water partition coefficient (Wildman–Crippen LogP) is 7.27. The van der Waals surface area contributed by atoms with E-state index in [1.807, 2.05) is 0 Å². The summed E-state index contributed by atoms with van der Waals surface area (Å²) in [5.41, 5.74) is 0.743. The van der Waals surface area contributed by atoms with E-state index >= 15 is 0 Å². The zero-order valence-corrected chi connectivity index (χ0v) is 22.7. The number of halogens is 1. The Balaban J connectivity index is 2.62. The highest BCUT2D eigenvalue weighted by molar-refractivity contribution is 6.74. The molecule has 2 aromatic rings. The van der Waals surface area contributed by atoms with Gasteiger partial charge in [0.2, 0.25) is 0 Å². The van der Waals surface area contributed by atoms with Crippen LogP contribution in [0, 0.1) is 5.82 Å². The van der Waals surface area contributed by atoms with Gasteiger partial charge in [0, 0.05) is 17.8 Å². The number of benzene rings is 1. The van der Waals surface area contributed by atoms with E-state index < -0.39 is 28.6 Å². The fourth-order valence-corrected chi connectivity index (χ4v) is 5.15. The van der Waals surface area contributed by atoms with E-state index in [9.17, 15) is 9.18 Å². The molecule has 2 rings (SSSR count). The lowest BCUT2D eigenvalue weighted by Crippen LogP contribution is -2.45. The molecule has 1 aromatic carbocycles. The van der Waals surface area contributed by atoms with Crippen LogP contribution in [-0.4, -0.2) is 34.5 Å². The molecule has 172 valence electrons. The fraction of sp³-hybridized carbons (Fsp3) is 0.583. The average molecular weight is 464 g/mol. The number of hydrogen-bond donors (Lipinski definition) is 0. The molecule has 0 aliphatic heterocycles. The Bertz CT molecular complexity index is 946. The van der Waals surface area contributed by atoms with E-state index in [0.29, 0.717) is 23.8 Å². The van der Waals surface area contributed by atoms with Crippen LogP contribution in [0.3, 0.4) is 0 Å². The van der Waals surface area contributed by atoms with Crippen LogP contribution in [0.4, 0.5) is 4.39 Å². The van der Waals surface area contributed by atoms with Gasteiger partial charge in [0.25, 0.3) is 0 Å². The van der Waals surface area contributed by atoms with Crippen LogP contribution in [0.15, 0.2) is 24.5 Å². The van der Waals surface area contributed by atoms with Crippen LogP contribution < -0.4 is 0 Å². The molecular weight excluding hydrogens is 425 g/mol. The van der Waals surface area contributed by atoms with Crippen molar-refractivity contribution in [2.24, 2.45) is 0 Å². The lowest BCUT2D eigenvalue weighted by atomic mass is 9.98. The van der Waals surface area contributed by atoms with Crippen molar-refractivity contribution in [2.45, 2.75) is 83.9 Å². The third kappa shape index (κ3) is 5.50. The minimum absolute atomic E-state index is 0.0163. The second-order valence-corrected chi connectivity index (χ2v) is 20.9. The molecule has 0 saturated carbocycles. The Hall–Kier alpha value is -1.42. The van der Waals surface area contributed by atoms with Crippen LogP contribution in [0.1, 0.15) is 63.6 Å². The van der Waals surface area contributed by atoms with E-state index in [0.717, 1.165) is 5.39 Å². The van der Waals surface area contributed by atoms with Gasteiger partial charge in [-0.1, -0.05) is 41.5 Å². The van der Waals surface area contributed by atoms with Gasteiger partial charge in [-0.3, -0.25) is 9.78 Å². The van der Waals surface area contributed by atoms with Crippen molar-refractivity contribution in [3.05, 3.63) is 41.5 Å². The van der Waals surface area contributed by atoms with Crippen LogP contribution in [-0.2, 0) is 8.85 Å². The summed E-state index contributed by atoms with van der Waals surface area (Å²) in [6.45, 7) is 22.2. The van der Waals surface area contributed by atoms with Gasteiger partial charge in [-0.15, -0.1) is 0 Å². The topological polar surface area (TPSA) is 48.4 Å². The van der Waals surface area contributed by atoms with Crippen LogP contribution in [0.25, 0.3) is 10.8 Å². The highest BCUT2D eigenvalue weighted by Crippen LogP contribution is 2.43. The van der Waals surface area contributed by atoms with Crippen molar-refractivity contribution in [3.63, 3.8) is 0 Å². The number of nitrogens with zero attached hydrogens (tertiary/aromatic N) is 1. The maximum Gasteiger partial charge on any atom is 0.193 e. The quantitative estimate of drug-likeness (QED) is 0.320. The van der Waals surface area contributed by atoms with Gasteiger partial charge in [-0.2, -0.15) is 0 Å². The molecule has 0 aliphatic carbocycles. The summed E-state index contributed by atoms with van der Waals surface area (Å²) in [5.74, 6) is -0.542. The Labute approximate surface area is 188 Å². The molecule has 0 radical (unpaired) electrons. The largest absolute Gasteiger partial charge is 0.414 e. The Morgan fingerprint density at radius 3 is 2.13 bits per heavy atom. The summed E-state index contributed by atoms with van der Waals surface area (Å²) in [5, 5.41) is 1.31. The Morgan fingerprint density at radius 1 is 1.03 bits per heavy atom. The molecule has 0 amide bonds. The fourth-order valence-electron chi connectivity index (χ4n) is 2.89. The smallest absolute Gasteiger partial charge is 0.193 e. The van der Waals surface area contributed by atoms with E-state index in [1.165, 1.54) is 6.07 Å². The lowest BCUT2D eigenvalue weighted by molar-refractivity contribution is 0.108. The summed E-state index contributed by atoms with van der Waals surface area (Å²) in [4.78, 5) is 15.8. The number of carbonyl (C=O) groups is 1. The van der Waals surface area contributed by atoms with Gasteiger partial charge in [0.15, 0.2) is 22.9 Å². The van der Waals surface area contributed by atoms with Gasteiger partial charge in [0.05, 0.1) is 18.3 Å². The second kappa shape index (κ2) is 8.85. The van der Waals surface area contributed by atoms with E-state index in [-0.39, 0.29) is 15.6 Å². The van der Waals surface area contributed by atoms with Crippen molar-refractivity contribution in [1.82, 2.24) is 4.98 Å². The average Bonchev–Trinajstić information content (AvgIpc) is 2.62. The molecule has 1 heterocycles. The summed E-state index contributed by atoms with van der Waals surface area (Å²) in [7, 11) is -4.25. The first kappa shape index (κ1) is 25.8. The molecule has 1 aromatic heterocycles. The SMILES string of the molecule is CC(C)(C)[Si](C)(C)OCC(O[Si](C)(C)C(C)(C)C)c1cc(F)c(C=O)c2ccncc12. The number of fused-ring (bicyclic) bond motifs is 1. The molecule has 1 unspecified atom stereocenters. The van der Waals surface area contributed by atoms with E-state index in [1.54, 1.807) is 18.5 Å². The lowest BCUT2D eigenvalue weighted by Gasteiger charge is -2.42. The van der Waals surface area contributed by atoms with Gasteiger partial charge < -0.3 is 8.85 Å². The van der Waals surface area contributed by atoms with Gasteiger partial charge in [-0.05, 0) is 59.3 Å². The summed E-state index contributed by atoms with van der Waals surface area (Å²) >= 11 is 0. The van der Waals surface area contributed by atoms with E-state index in [2.05, 4.69) is 72.7 Å². The molecule has 7 heteroatoms. The predicted molar refractivity (Wildman–Crippen MR) is 131 cm³/mol. The number of rotatable bonds is 7. The molecule has 4 nitrogen and oxygen atoms in total. The van der Waals surface area contributed by atoms with Crippen molar-refractivity contribution in [3.8, 4) is 0 Å². The zero-order valence-electron chi connectivity index (χ0n) is 20.7. The molecule has 0 saturated heterocycles. The number of aromatic nitrogens is 1. The first-order valence-corrected chi connectivity index (χ1v) is 16.7. The Morgan fingerprint density at radius 2 is 1.61 bits per heavy atom. The number of pyridine rings is 1. The van der Waals surface area contributed by atoms with Crippen LogP contribution >= 0.6 is 0 Å².